The van der Waals surface area contributed by atoms with Gasteiger partial charge in [0.05, 0.1) is 11.9 Å². The number of hydrogen-bond acceptors (Lipinski definition) is 3. The van der Waals surface area contributed by atoms with Gasteiger partial charge < -0.3 is 5.32 Å². The molecule has 3 rings (SSSR count). The number of sulfonamides is 1. The third-order valence-electron chi connectivity index (χ3n) is 4.22. The number of benzene rings is 2. The van der Waals surface area contributed by atoms with E-state index in [9.17, 15) is 13.2 Å². The van der Waals surface area contributed by atoms with Crippen LogP contribution in [-0.4, -0.2) is 26.6 Å². The average molecular weight is 379 g/mol. The van der Waals surface area contributed by atoms with Crippen LogP contribution in [0.5, 0.6) is 0 Å². The highest BCUT2D eigenvalue weighted by atomic mass is 35.5. The first kappa shape index (κ1) is 17.8. The quantitative estimate of drug-likeness (QED) is 0.889. The zero-order valence-electron chi connectivity index (χ0n) is 14.0. The van der Waals surface area contributed by atoms with Crippen LogP contribution < -0.4 is 9.62 Å². The monoisotopic (exact) mass is 378 g/mol. The van der Waals surface area contributed by atoms with Gasteiger partial charge in [0, 0.05) is 23.2 Å². The Morgan fingerprint density at radius 2 is 1.92 bits per heavy atom. The van der Waals surface area contributed by atoms with Gasteiger partial charge in [0.2, 0.25) is 10.0 Å². The first-order chi connectivity index (χ1) is 11.8. The van der Waals surface area contributed by atoms with E-state index >= 15 is 0 Å². The molecule has 5 nitrogen and oxygen atoms in total. The van der Waals surface area contributed by atoms with Crippen molar-refractivity contribution in [2.24, 2.45) is 0 Å². The van der Waals surface area contributed by atoms with E-state index < -0.39 is 10.0 Å². The fraction of sp³-hybridized carbons (Fsp3) is 0.278. The number of halogens is 1. The zero-order chi connectivity index (χ0) is 18.2. The fourth-order valence-electron chi connectivity index (χ4n) is 3.14. The largest absolute Gasteiger partial charge is 0.348 e. The van der Waals surface area contributed by atoms with Gasteiger partial charge in [-0.15, -0.1) is 0 Å². The number of nitrogens with zero attached hydrogens (tertiary/aromatic N) is 1. The highest BCUT2D eigenvalue weighted by molar-refractivity contribution is 7.92. The van der Waals surface area contributed by atoms with Crippen molar-refractivity contribution in [1.29, 1.82) is 0 Å². The third-order valence-corrected chi connectivity index (χ3v) is 5.74. The van der Waals surface area contributed by atoms with Gasteiger partial charge in [-0.25, -0.2) is 8.42 Å². The maximum Gasteiger partial charge on any atom is 0.251 e. The van der Waals surface area contributed by atoms with Gasteiger partial charge in [-0.3, -0.25) is 9.10 Å². The summed E-state index contributed by atoms with van der Waals surface area (Å²) in [4.78, 5) is 12.4. The van der Waals surface area contributed by atoms with E-state index in [0.717, 1.165) is 11.1 Å². The molecule has 132 valence electrons. The van der Waals surface area contributed by atoms with E-state index in [1.807, 2.05) is 19.1 Å². The van der Waals surface area contributed by atoms with Crippen molar-refractivity contribution >= 4 is 33.2 Å². The number of carbonyl (C=O) groups is 1. The highest BCUT2D eigenvalue weighted by Gasteiger charge is 2.32. The zero-order valence-corrected chi connectivity index (χ0v) is 15.6. The maximum absolute atomic E-state index is 12.4. The van der Waals surface area contributed by atoms with Crippen molar-refractivity contribution in [3.05, 3.63) is 64.2 Å². The first-order valence-corrected chi connectivity index (χ1v) is 10.1. The van der Waals surface area contributed by atoms with E-state index in [1.165, 1.54) is 10.6 Å². The minimum Gasteiger partial charge on any atom is -0.348 e. The lowest BCUT2D eigenvalue weighted by molar-refractivity contribution is 0.0951. The smallest absolute Gasteiger partial charge is 0.251 e. The van der Waals surface area contributed by atoms with Crippen LogP contribution in [0.1, 0.15) is 28.4 Å². The Hall–Kier alpha value is -2.05. The summed E-state index contributed by atoms with van der Waals surface area (Å²) in [6, 6.07) is 12.3. The molecule has 0 saturated heterocycles. The summed E-state index contributed by atoms with van der Waals surface area (Å²) < 4.78 is 25.3. The van der Waals surface area contributed by atoms with E-state index in [-0.39, 0.29) is 11.9 Å². The lowest BCUT2D eigenvalue weighted by Crippen LogP contribution is -2.34. The Bertz CT molecular complexity index is 910. The maximum atomic E-state index is 12.4. The highest BCUT2D eigenvalue weighted by Crippen LogP contribution is 2.34. The minimum atomic E-state index is -3.33. The summed E-state index contributed by atoms with van der Waals surface area (Å²) in [5.74, 6) is -0.191. The molecule has 0 aliphatic carbocycles. The second kappa shape index (κ2) is 6.69. The number of nitrogens with one attached hydrogen (secondary N) is 1. The van der Waals surface area contributed by atoms with E-state index in [1.54, 1.807) is 30.3 Å². The van der Waals surface area contributed by atoms with Crippen LogP contribution >= 0.6 is 11.6 Å². The van der Waals surface area contributed by atoms with Crippen molar-refractivity contribution in [2.45, 2.75) is 25.9 Å². The summed E-state index contributed by atoms with van der Waals surface area (Å²) in [5, 5.41) is 3.52. The fourth-order valence-corrected chi connectivity index (χ4v) is 4.53. The summed E-state index contributed by atoms with van der Waals surface area (Å²) in [7, 11) is -3.33. The van der Waals surface area contributed by atoms with Gasteiger partial charge in [0.1, 0.15) is 0 Å². The number of rotatable bonds is 4. The Balaban J connectivity index is 1.75. The SMILES string of the molecule is C[C@@H]1Cc2cc(C(=O)NCc3ccc(Cl)cc3)ccc2N1S(C)(=O)=O. The molecular formula is C18H19ClN2O3S. The van der Waals surface area contributed by atoms with Crippen LogP contribution in [-0.2, 0) is 23.0 Å². The minimum absolute atomic E-state index is 0.141. The molecule has 1 N–H and O–H groups in total. The van der Waals surface area contributed by atoms with Crippen molar-refractivity contribution < 1.29 is 13.2 Å². The summed E-state index contributed by atoms with van der Waals surface area (Å²) in [5.41, 5.74) is 3.01. The molecule has 0 radical (unpaired) electrons. The van der Waals surface area contributed by atoms with E-state index in [2.05, 4.69) is 5.32 Å². The van der Waals surface area contributed by atoms with Crippen molar-refractivity contribution in [3.63, 3.8) is 0 Å². The second-order valence-electron chi connectivity index (χ2n) is 6.26. The molecule has 2 aromatic carbocycles. The van der Waals surface area contributed by atoms with Gasteiger partial charge in [-0.05, 0) is 54.8 Å². The van der Waals surface area contributed by atoms with Gasteiger partial charge in [-0.2, -0.15) is 0 Å². The molecule has 0 saturated carbocycles. The van der Waals surface area contributed by atoms with Crippen molar-refractivity contribution in [2.75, 3.05) is 10.6 Å². The van der Waals surface area contributed by atoms with Crippen LogP contribution in [0.4, 0.5) is 5.69 Å². The molecule has 0 bridgehead atoms. The molecule has 0 spiro atoms. The van der Waals surface area contributed by atoms with Gasteiger partial charge in [0.25, 0.3) is 5.91 Å². The molecule has 0 unspecified atom stereocenters. The lowest BCUT2D eigenvalue weighted by Gasteiger charge is -2.21. The number of anilines is 1. The number of hydrogen-bond donors (Lipinski definition) is 1. The van der Waals surface area contributed by atoms with Crippen molar-refractivity contribution in [1.82, 2.24) is 5.32 Å². The standard InChI is InChI=1S/C18H19ClN2O3S/c1-12-9-15-10-14(5-8-17(15)21(12)25(2,23)24)18(22)20-11-13-3-6-16(19)7-4-13/h3-8,10,12H,9,11H2,1-2H3,(H,20,22)/t12-/m1/s1. The predicted molar refractivity (Wildman–Crippen MR) is 99.6 cm³/mol. The van der Waals surface area contributed by atoms with Crippen LogP contribution in [0.15, 0.2) is 42.5 Å². The summed E-state index contributed by atoms with van der Waals surface area (Å²) in [6.07, 6.45) is 1.80. The van der Waals surface area contributed by atoms with Crippen LogP contribution in [0.25, 0.3) is 0 Å². The topological polar surface area (TPSA) is 66.5 Å². The second-order valence-corrected chi connectivity index (χ2v) is 8.56. The molecule has 0 aromatic heterocycles. The van der Waals surface area contributed by atoms with Crippen LogP contribution in [0.2, 0.25) is 5.02 Å². The van der Waals surface area contributed by atoms with E-state index in [4.69, 9.17) is 11.6 Å². The Morgan fingerprint density at radius 1 is 1.24 bits per heavy atom. The molecule has 1 aliphatic heterocycles. The number of fused-ring (bicyclic) bond motifs is 1. The van der Waals surface area contributed by atoms with Crippen LogP contribution in [0.3, 0.4) is 0 Å². The predicted octanol–water partition coefficient (Wildman–Crippen LogP) is 2.98. The molecule has 1 aliphatic rings. The molecule has 0 fully saturated rings. The Labute approximate surface area is 152 Å². The summed E-state index contributed by atoms with van der Waals surface area (Å²) >= 11 is 5.85. The van der Waals surface area contributed by atoms with Crippen LogP contribution in [0, 0.1) is 0 Å². The molecule has 25 heavy (non-hydrogen) atoms. The van der Waals surface area contributed by atoms with Gasteiger partial charge >= 0.3 is 0 Å². The molecule has 1 amide bonds. The molecular weight excluding hydrogens is 360 g/mol. The Kier molecular flexibility index (Phi) is 4.75. The number of carbonyl (C=O) groups excluding carboxylic acids is 1. The van der Waals surface area contributed by atoms with Gasteiger partial charge in [0.15, 0.2) is 0 Å². The lowest BCUT2D eigenvalue weighted by atomic mass is 10.1. The Morgan fingerprint density at radius 3 is 2.56 bits per heavy atom. The number of amides is 1. The normalized spacial score (nSPS) is 16.6. The average Bonchev–Trinajstić information content (AvgIpc) is 2.88. The summed E-state index contributed by atoms with van der Waals surface area (Å²) in [6.45, 7) is 2.26. The molecule has 1 heterocycles. The van der Waals surface area contributed by atoms with E-state index in [0.29, 0.717) is 29.2 Å². The molecule has 1 atom stereocenters. The first-order valence-electron chi connectivity index (χ1n) is 7.90. The molecule has 7 heteroatoms. The molecule has 2 aromatic rings. The van der Waals surface area contributed by atoms with Crippen molar-refractivity contribution in [3.8, 4) is 0 Å². The van der Waals surface area contributed by atoms with Gasteiger partial charge in [-0.1, -0.05) is 23.7 Å². The third kappa shape index (κ3) is 3.80.